The van der Waals surface area contributed by atoms with E-state index in [0.717, 1.165) is 29.7 Å². The highest BCUT2D eigenvalue weighted by atomic mass is 15.2. The lowest BCUT2D eigenvalue weighted by Gasteiger charge is -2.30. The third-order valence-corrected chi connectivity index (χ3v) is 6.85. The SMILES string of the molecule is Cc1cccc([C@@H](C)Nc2nncc3ccc(N4CCCCC(N(C)C)C4)cc23)c1C. The zero-order valence-electron chi connectivity index (χ0n) is 19.5. The Hall–Kier alpha value is -2.66. The van der Waals surface area contributed by atoms with Gasteiger partial charge in [-0.3, -0.25) is 0 Å². The Labute approximate surface area is 186 Å². The molecule has 1 fully saturated rings. The van der Waals surface area contributed by atoms with E-state index < -0.39 is 0 Å². The maximum absolute atomic E-state index is 4.48. The highest BCUT2D eigenvalue weighted by Crippen LogP contribution is 2.31. The van der Waals surface area contributed by atoms with Gasteiger partial charge in [0.05, 0.1) is 12.2 Å². The second kappa shape index (κ2) is 9.23. The van der Waals surface area contributed by atoms with Gasteiger partial charge in [0, 0.05) is 35.6 Å². The van der Waals surface area contributed by atoms with E-state index in [1.807, 2.05) is 6.20 Å². The zero-order valence-corrected chi connectivity index (χ0v) is 19.5. The minimum atomic E-state index is 0.153. The van der Waals surface area contributed by atoms with Crippen molar-refractivity contribution in [2.24, 2.45) is 0 Å². The van der Waals surface area contributed by atoms with Gasteiger partial charge in [-0.05, 0) is 76.5 Å². The predicted octanol–water partition coefficient (Wildman–Crippen LogP) is 5.34. The van der Waals surface area contributed by atoms with E-state index in [-0.39, 0.29) is 6.04 Å². The van der Waals surface area contributed by atoms with Crippen LogP contribution in [0.1, 0.15) is 48.9 Å². The average molecular weight is 418 g/mol. The van der Waals surface area contributed by atoms with E-state index >= 15 is 0 Å². The standard InChI is InChI=1S/C26H35N5/c1-18-9-8-11-24(19(18)2)20(3)28-26-25-15-22(13-12-21(25)16-27-29-26)31-14-7-6-10-23(17-31)30(4)5/h8-9,11-13,15-16,20,23H,6-7,10,14,17H2,1-5H3,(H,28,29)/t20-,23?/m1/s1. The maximum atomic E-state index is 4.48. The quantitative estimate of drug-likeness (QED) is 0.607. The average Bonchev–Trinajstić information content (AvgIpc) is 3.02. The second-order valence-electron chi connectivity index (χ2n) is 9.18. The Morgan fingerprint density at radius 1 is 1.13 bits per heavy atom. The van der Waals surface area contributed by atoms with E-state index in [1.54, 1.807) is 0 Å². The van der Waals surface area contributed by atoms with Gasteiger partial charge in [0.2, 0.25) is 0 Å². The van der Waals surface area contributed by atoms with Crippen LogP contribution >= 0.6 is 0 Å². The summed E-state index contributed by atoms with van der Waals surface area (Å²) in [7, 11) is 4.39. The van der Waals surface area contributed by atoms with Gasteiger partial charge in [-0.25, -0.2) is 0 Å². The van der Waals surface area contributed by atoms with Crippen molar-refractivity contribution in [1.82, 2.24) is 15.1 Å². The Balaban J connectivity index is 1.65. The number of nitrogens with zero attached hydrogens (tertiary/aromatic N) is 4. The highest BCUT2D eigenvalue weighted by molar-refractivity contribution is 5.93. The minimum absolute atomic E-state index is 0.153. The van der Waals surface area contributed by atoms with E-state index in [4.69, 9.17) is 0 Å². The largest absolute Gasteiger partial charge is 0.370 e. The monoisotopic (exact) mass is 417 g/mol. The van der Waals surface area contributed by atoms with Crippen LogP contribution in [-0.2, 0) is 0 Å². The van der Waals surface area contributed by atoms with Gasteiger partial charge < -0.3 is 15.1 Å². The summed E-state index contributed by atoms with van der Waals surface area (Å²) < 4.78 is 0. The van der Waals surface area contributed by atoms with Crippen molar-refractivity contribution in [1.29, 1.82) is 0 Å². The van der Waals surface area contributed by atoms with Crippen LogP contribution in [0.2, 0.25) is 0 Å². The number of likely N-dealkylation sites (N-methyl/N-ethyl adjacent to an activating group) is 1. The normalized spacial score (nSPS) is 18.3. The molecule has 0 bridgehead atoms. The summed E-state index contributed by atoms with van der Waals surface area (Å²) in [6.45, 7) is 8.73. The number of anilines is 2. The molecular formula is C26H35N5. The van der Waals surface area contributed by atoms with Crippen LogP contribution in [0.4, 0.5) is 11.5 Å². The predicted molar refractivity (Wildman–Crippen MR) is 131 cm³/mol. The van der Waals surface area contributed by atoms with Crippen LogP contribution in [0.15, 0.2) is 42.6 Å². The van der Waals surface area contributed by atoms with Crippen molar-refractivity contribution in [2.75, 3.05) is 37.4 Å². The van der Waals surface area contributed by atoms with Crippen LogP contribution in [0, 0.1) is 13.8 Å². The molecule has 1 aromatic heterocycles. The molecule has 0 aliphatic carbocycles. The molecule has 1 unspecified atom stereocenters. The number of benzene rings is 2. The van der Waals surface area contributed by atoms with Crippen molar-refractivity contribution in [3.8, 4) is 0 Å². The summed E-state index contributed by atoms with van der Waals surface area (Å²) in [5.41, 5.74) is 5.22. The Bertz CT molecular complexity index is 1050. The van der Waals surface area contributed by atoms with Gasteiger partial charge in [0.15, 0.2) is 5.82 Å². The number of hydrogen-bond acceptors (Lipinski definition) is 5. The molecule has 2 atom stereocenters. The fourth-order valence-electron chi connectivity index (χ4n) is 4.67. The molecule has 5 nitrogen and oxygen atoms in total. The number of rotatable bonds is 5. The Morgan fingerprint density at radius 2 is 1.97 bits per heavy atom. The van der Waals surface area contributed by atoms with Crippen molar-refractivity contribution >= 4 is 22.3 Å². The minimum Gasteiger partial charge on any atom is -0.370 e. The van der Waals surface area contributed by atoms with E-state index in [9.17, 15) is 0 Å². The molecule has 0 amide bonds. The summed E-state index contributed by atoms with van der Waals surface area (Å²) in [4.78, 5) is 4.90. The molecule has 4 rings (SSSR count). The van der Waals surface area contributed by atoms with Crippen molar-refractivity contribution in [3.63, 3.8) is 0 Å². The Morgan fingerprint density at radius 3 is 2.77 bits per heavy atom. The molecule has 1 aliphatic rings. The van der Waals surface area contributed by atoms with E-state index in [0.29, 0.717) is 6.04 Å². The number of aromatic nitrogens is 2. The fourth-order valence-corrected chi connectivity index (χ4v) is 4.67. The molecule has 1 aliphatic heterocycles. The zero-order chi connectivity index (χ0) is 22.0. The van der Waals surface area contributed by atoms with Crippen LogP contribution in [0.3, 0.4) is 0 Å². The summed E-state index contributed by atoms with van der Waals surface area (Å²) in [5, 5.41) is 14.6. The summed E-state index contributed by atoms with van der Waals surface area (Å²) in [6, 6.07) is 13.9. The molecule has 3 aromatic rings. The second-order valence-corrected chi connectivity index (χ2v) is 9.18. The van der Waals surface area contributed by atoms with Gasteiger partial charge in [0.1, 0.15) is 0 Å². The summed E-state index contributed by atoms with van der Waals surface area (Å²) in [5.74, 6) is 0.853. The van der Waals surface area contributed by atoms with Gasteiger partial charge in [-0.2, -0.15) is 5.10 Å². The molecular weight excluding hydrogens is 382 g/mol. The Kier molecular flexibility index (Phi) is 6.42. The van der Waals surface area contributed by atoms with Crippen molar-refractivity contribution in [3.05, 3.63) is 59.3 Å². The highest BCUT2D eigenvalue weighted by Gasteiger charge is 2.21. The van der Waals surface area contributed by atoms with Crippen molar-refractivity contribution < 1.29 is 0 Å². The lowest BCUT2D eigenvalue weighted by atomic mass is 9.98. The van der Waals surface area contributed by atoms with Crippen LogP contribution in [-0.4, -0.2) is 48.3 Å². The molecule has 2 aromatic carbocycles. The molecule has 2 heterocycles. The smallest absolute Gasteiger partial charge is 0.157 e. The number of fused-ring (bicyclic) bond motifs is 1. The lowest BCUT2D eigenvalue weighted by molar-refractivity contribution is 0.285. The van der Waals surface area contributed by atoms with Crippen LogP contribution < -0.4 is 10.2 Å². The topological polar surface area (TPSA) is 44.3 Å². The van der Waals surface area contributed by atoms with Crippen molar-refractivity contribution in [2.45, 2.75) is 52.1 Å². The number of nitrogens with one attached hydrogen (secondary N) is 1. The van der Waals surface area contributed by atoms with Crippen LogP contribution in [0.5, 0.6) is 0 Å². The third kappa shape index (κ3) is 4.67. The summed E-state index contributed by atoms with van der Waals surface area (Å²) in [6.07, 6.45) is 5.66. The molecule has 0 saturated carbocycles. The fraction of sp³-hybridized carbons (Fsp3) is 0.462. The van der Waals surface area contributed by atoms with Gasteiger partial charge in [-0.15, -0.1) is 5.10 Å². The molecule has 31 heavy (non-hydrogen) atoms. The first-order valence-corrected chi connectivity index (χ1v) is 11.4. The molecule has 164 valence electrons. The first-order valence-electron chi connectivity index (χ1n) is 11.4. The molecule has 1 N–H and O–H groups in total. The molecule has 0 spiro atoms. The lowest BCUT2D eigenvalue weighted by Crippen LogP contribution is -2.39. The molecule has 1 saturated heterocycles. The van der Waals surface area contributed by atoms with Gasteiger partial charge in [-0.1, -0.05) is 30.7 Å². The number of aryl methyl sites for hydroxylation is 1. The van der Waals surface area contributed by atoms with E-state index in [1.165, 1.54) is 41.6 Å². The molecule has 0 radical (unpaired) electrons. The maximum Gasteiger partial charge on any atom is 0.157 e. The first-order chi connectivity index (χ1) is 14.9. The van der Waals surface area contributed by atoms with Crippen LogP contribution in [0.25, 0.3) is 10.8 Å². The van der Waals surface area contributed by atoms with Gasteiger partial charge in [0.25, 0.3) is 0 Å². The third-order valence-electron chi connectivity index (χ3n) is 6.85. The number of hydrogen-bond donors (Lipinski definition) is 1. The summed E-state index contributed by atoms with van der Waals surface area (Å²) >= 11 is 0. The molecule has 5 heteroatoms. The van der Waals surface area contributed by atoms with Gasteiger partial charge >= 0.3 is 0 Å². The first kappa shape index (κ1) is 21.6. The van der Waals surface area contributed by atoms with E-state index in [2.05, 4.69) is 96.6 Å².